The van der Waals surface area contributed by atoms with Gasteiger partial charge in [-0.25, -0.2) is 0 Å². The molecule has 0 bridgehead atoms. The summed E-state index contributed by atoms with van der Waals surface area (Å²) in [7, 11) is 1.61. The van der Waals surface area contributed by atoms with Crippen LogP contribution < -0.4 is 4.74 Å². The minimum Gasteiger partial charge on any atom is -0.507 e. The second kappa shape index (κ2) is 10.4. The van der Waals surface area contributed by atoms with Crippen LogP contribution in [0.25, 0.3) is 5.76 Å². The Morgan fingerprint density at radius 3 is 2.38 bits per heavy atom. The number of benzene rings is 2. The molecule has 6 nitrogen and oxygen atoms in total. The molecule has 0 aliphatic carbocycles. The van der Waals surface area contributed by atoms with Crippen molar-refractivity contribution in [1.29, 1.82) is 0 Å². The molecule has 1 aliphatic heterocycles. The minimum atomic E-state index is -0.695. The number of hydrogen-bond donors (Lipinski definition) is 1. The first-order valence-electron chi connectivity index (χ1n) is 11.7. The number of carbonyl (C=O) groups excluding carboxylic acids is 2. The lowest BCUT2D eigenvalue weighted by atomic mass is 9.90. The van der Waals surface area contributed by atoms with E-state index in [1.165, 1.54) is 4.90 Å². The van der Waals surface area contributed by atoms with Gasteiger partial charge in [-0.1, -0.05) is 43.7 Å². The van der Waals surface area contributed by atoms with Crippen molar-refractivity contribution in [3.63, 3.8) is 0 Å². The Morgan fingerprint density at radius 1 is 1.09 bits per heavy atom. The summed E-state index contributed by atoms with van der Waals surface area (Å²) in [4.78, 5) is 27.9. The number of aliphatic hydroxyl groups is 1. The molecule has 1 N–H and O–H groups in total. The van der Waals surface area contributed by atoms with E-state index in [9.17, 15) is 14.7 Å². The summed E-state index contributed by atoms with van der Waals surface area (Å²) in [5, 5.41) is 11.5. The molecule has 1 aliphatic rings. The highest BCUT2D eigenvalue weighted by atomic mass is 16.5. The average molecular weight is 466 g/mol. The van der Waals surface area contributed by atoms with Crippen LogP contribution in [0.15, 0.2) is 42.0 Å². The van der Waals surface area contributed by atoms with Gasteiger partial charge in [-0.2, -0.15) is 0 Å². The molecular weight excluding hydrogens is 430 g/mol. The summed E-state index contributed by atoms with van der Waals surface area (Å²) in [6.45, 7) is 12.3. The van der Waals surface area contributed by atoms with Gasteiger partial charge in [0.15, 0.2) is 0 Å². The highest BCUT2D eigenvalue weighted by molar-refractivity contribution is 6.46. The van der Waals surface area contributed by atoms with Crippen LogP contribution in [0.5, 0.6) is 5.75 Å². The van der Waals surface area contributed by atoms with Gasteiger partial charge in [0.05, 0.1) is 31.4 Å². The number of methoxy groups -OCH3 is 1. The van der Waals surface area contributed by atoms with E-state index in [1.807, 2.05) is 77.9 Å². The molecule has 34 heavy (non-hydrogen) atoms. The summed E-state index contributed by atoms with van der Waals surface area (Å²) in [6, 6.07) is 10.7. The van der Waals surface area contributed by atoms with Gasteiger partial charge >= 0.3 is 0 Å². The molecule has 1 atom stereocenters. The van der Waals surface area contributed by atoms with Crippen molar-refractivity contribution >= 4 is 17.4 Å². The van der Waals surface area contributed by atoms with Crippen LogP contribution >= 0.6 is 0 Å². The largest absolute Gasteiger partial charge is 0.507 e. The van der Waals surface area contributed by atoms with Crippen molar-refractivity contribution in [3.8, 4) is 5.75 Å². The first kappa shape index (κ1) is 25.5. The molecule has 0 aromatic heterocycles. The molecule has 0 spiro atoms. The van der Waals surface area contributed by atoms with Crippen LogP contribution in [0, 0.1) is 13.8 Å². The average Bonchev–Trinajstić information content (AvgIpc) is 3.03. The van der Waals surface area contributed by atoms with Gasteiger partial charge in [-0.3, -0.25) is 9.59 Å². The molecule has 2 aromatic rings. The Hall–Kier alpha value is -3.12. The lowest BCUT2D eigenvalue weighted by Crippen LogP contribution is -2.33. The van der Waals surface area contributed by atoms with Gasteiger partial charge in [-0.15, -0.1) is 0 Å². The van der Waals surface area contributed by atoms with Crippen LogP contribution in [0.1, 0.15) is 67.5 Å². The van der Waals surface area contributed by atoms with E-state index < -0.39 is 17.7 Å². The van der Waals surface area contributed by atoms with Gasteiger partial charge in [0.25, 0.3) is 11.7 Å². The van der Waals surface area contributed by atoms with Crippen molar-refractivity contribution in [3.05, 3.63) is 69.8 Å². The van der Waals surface area contributed by atoms with Gasteiger partial charge < -0.3 is 19.5 Å². The van der Waals surface area contributed by atoms with E-state index in [4.69, 9.17) is 9.47 Å². The number of amides is 1. The number of ketones is 1. The van der Waals surface area contributed by atoms with Gasteiger partial charge in [0.2, 0.25) is 0 Å². The SMILES string of the molecule is COc1cc(C)c(/C(O)=C2\C(=O)C(=O)N(CCOC(C)C)C2c2cccc(C)c2)cc1C(C)C. The lowest BCUT2D eigenvalue weighted by molar-refractivity contribution is -0.140. The van der Waals surface area contributed by atoms with Crippen LogP contribution in [-0.2, 0) is 14.3 Å². The second-order valence-corrected chi connectivity index (χ2v) is 9.39. The van der Waals surface area contributed by atoms with Crippen molar-refractivity contribution in [2.45, 2.75) is 59.6 Å². The maximum absolute atomic E-state index is 13.3. The Labute approximate surface area is 202 Å². The molecule has 1 heterocycles. The Bertz CT molecular complexity index is 1120. The van der Waals surface area contributed by atoms with Crippen LogP contribution in [0.4, 0.5) is 0 Å². The number of aliphatic hydroxyl groups excluding tert-OH is 1. The molecule has 0 saturated carbocycles. The monoisotopic (exact) mass is 465 g/mol. The molecule has 6 heteroatoms. The Kier molecular flexibility index (Phi) is 7.82. The number of likely N-dealkylation sites (tertiary alicyclic amines) is 1. The molecule has 3 rings (SSSR count). The number of ether oxygens (including phenoxy) is 2. The molecule has 1 saturated heterocycles. The topological polar surface area (TPSA) is 76.1 Å². The maximum Gasteiger partial charge on any atom is 0.295 e. The standard InChI is InChI=1S/C28H35NO5/c1-16(2)21-15-22(19(6)14-23(21)33-7)26(30)24-25(20-10-8-9-18(5)13-20)29(28(32)27(24)31)11-12-34-17(3)4/h8-10,13-17,25,30H,11-12H2,1-7H3/b26-24+. The molecular formula is C28H35NO5. The zero-order chi connectivity index (χ0) is 25.2. The third-order valence-electron chi connectivity index (χ3n) is 6.14. The number of rotatable bonds is 8. The molecule has 1 fully saturated rings. The van der Waals surface area contributed by atoms with Crippen LogP contribution in [0.3, 0.4) is 0 Å². The Balaban J connectivity index is 2.20. The number of hydrogen-bond acceptors (Lipinski definition) is 5. The fourth-order valence-corrected chi connectivity index (χ4v) is 4.41. The first-order valence-corrected chi connectivity index (χ1v) is 11.7. The number of nitrogens with zero attached hydrogens (tertiary/aromatic N) is 1. The molecule has 1 amide bonds. The summed E-state index contributed by atoms with van der Waals surface area (Å²) < 4.78 is 11.2. The quantitative estimate of drug-likeness (QED) is 0.326. The molecule has 182 valence electrons. The second-order valence-electron chi connectivity index (χ2n) is 9.39. The Morgan fingerprint density at radius 2 is 1.79 bits per heavy atom. The van der Waals surface area contributed by atoms with Crippen molar-refractivity contribution in [2.75, 3.05) is 20.3 Å². The van der Waals surface area contributed by atoms with E-state index in [2.05, 4.69) is 0 Å². The van der Waals surface area contributed by atoms with E-state index >= 15 is 0 Å². The molecule has 2 aromatic carbocycles. The fraction of sp³-hybridized carbons (Fsp3) is 0.429. The van der Waals surface area contributed by atoms with Crippen LogP contribution in [-0.4, -0.2) is 48.1 Å². The predicted molar refractivity (Wildman–Crippen MR) is 133 cm³/mol. The van der Waals surface area contributed by atoms with Crippen LogP contribution in [0.2, 0.25) is 0 Å². The minimum absolute atomic E-state index is 0.00523. The van der Waals surface area contributed by atoms with Crippen molar-refractivity contribution in [2.24, 2.45) is 0 Å². The van der Waals surface area contributed by atoms with E-state index in [-0.39, 0.29) is 29.9 Å². The normalized spacial score (nSPS) is 17.8. The zero-order valence-corrected chi connectivity index (χ0v) is 21.1. The van der Waals surface area contributed by atoms with Crippen molar-refractivity contribution < 1.29 is 24.2 Å². The molecule has 1 unspecified atom stereocenters. The lowest BCUT2D eigenvalue weighted by Gasteiger charge is -2.26. The summed E-state index contributed by atoms with van der Waals surface area (Å²) in [6.07, 6.45) is 0.00523. The van der Waals surface area contributed by atoms with Crippen molar-refractivity contribution in [1.82, 2.24) is 4.90 Å². The maximum atomic E-state index is 13.3. The third-order valence-corrected chi connectivity index (χ3v) is 6.14. The summed E-state index contributed by atoms with van der Waals surface area (Å²) >= 11 is 0. The van der Waals surface area contributed by atoms with Gasteiger partial charge in [0.1, 0.15) is 11.5 Å². The summed E-state index contributed by atoms with van der Waals surface area (Å²) in [5.74, 6) is -0.611. The smallest absolute Gasteiger partial charge is 0.295 e. The van der Waals surface area contributed by atoms with E-state index in [1.54, 1.807) is 7.11 Å². The molecule has 0 radical (unpaired) electrons. The van der Waals surface area contributed by atoms with E-state index in [0.29, 0.717) is 12.2 Å². The zero-order valence-electron chi connectivity index (χ0n) is 21.1. The number of aryl methyl sites for hydroxylation is 2. The summed E-state index contributed by atoms with van der Waals surface area (Å²) in [5.41, 5.74) is 4.09. The number of Topliss-reactive ketones (excluding diaryl/α,β-unsaturated/α-hetero) is 1. The highest BCUT2D eigenvalue weighted by Crippen LogP contribution is 2.41. The predicted octanol–water partition coefficient (Wildman–Crippen LogP) is 5.28. The highest BCUT2D eigenvalue weighted by Gasteiger charge is 2.46. The van der Waals surface area contributed by atoms with E-state index in [0.717, 1.165) is 28.0 Å². The van der Waals surface area contributed by atoms with Gasteiger partial charge in [0, 0.05) is 12.1 Å². The number of carbonyl (C=O) groups is 2. The van der Waals surface area contributed by atoms with Gasteiger partial charge in [-0.05, 0) is 62.4 Å². The fourth-order valence-electron chi connectivity index (χ4n) is 4.41. The first-order chi connectivity index (χ1) is 16.1. The third kappa shape index (κ3) is 5.02.